The summed E-state index contributed by atoms with van der Waals surface area (Å²) in [6, 6.07) is -1.57. The molecule has 0 aromatic heterocycles. The maximum atomic E-state index is 12.9. The Labute approximate surface area is 172 Å². The highest BCUT2D eigenvalue weighted by molar-refractivity contribution is 6.03. The molecule has 0 saturated heterocycles. The number of hydrogen-bond acceptors (Lipinski definition) is 7. The van der Waals surface area contributed by atoms with Crippen molar-refractivity contribution in [2.75, 3.05) is 19.8 Å². The van der Waals surface area contributed by atoms with Crippen LogP contribution in [-0.4, -0.2) is 60.8 Å². The molecular weight excluding hydrogens is 380 g/mol. The standard InChI is InChI=1S/C20H36N2O7/c1-8-20(7,18(27)21-11-13(4)23)12-19(5,6)17(26)22-14(15(24)28-9-2)16(25)29-10-3/h13-14,23H,8-12H2,1-7H3,(H,21,27)(H,22,26). The van der Waals surface area contributed by atoms with Crippen LogP contribution in [0.1, 0.15) is 61.3 Å². The van der Waals surface area contributed by atoms with E-state index in [1.807, 2.05) is 6.92 Å². The zero-order valence-corrected chi connectivity index (χ0v) is 18.6. The minimum absolute atomic E-state index is 0.0470. The summed E-state index contributed by atoms with van der Waals surface area (Å²) in [6.45, 7) is 11.8. The van der Waals surface area contributed by atoms with E-state index in [4.69, 9.17) is 9.47 Å². The minimum atomic E-state index is -1.57. The van der Waals surface area contributed by atoms with Crippen molar-refractivity contribution in [3.63, 3.8) is 0 Å². The molecule has 9 nitrogen and oxygen atoms in total. The van der Waals surface area contributed by atoms with E-state index in [0.29, 0.717) is 6.42 Å². The van der Waals surface area contributed by atoms with E-state index in [1.54, 1.807) is 41.5 Å². The monoisotopic (exact) mass is 416 g/mol. The van der Waals surface area contributed by atoms with E-state index in [1.165, 1.54) is 0 Å². The summed E-state index contributed by atoms with van der Waals surface area (Å²) in [6.07, 6.45) is -0.0766. The molecule has 0 aliphatic carbocycles. The molecule has 0 radical (unpaired) electrons. The number of carbonyl (C=O) groups is 4. The summed E-state index contributed by atoms with van der Waals surface area (Å²) in [5, 5.41) is 14.5. The molecule has 0 saturated carbocycles. The molecule has 0 aliphatic rings. The Morgan fingerprint density at radius 3 is 1.79 bits per heavy atom. The van der Waals surface area contributed by atoms with Gasteiger partial charge in [-0.3, -0.25) is 9.59 Å². The van der Waals surface area contributed by atoms with Gasteiger partial charge in [-0.15, -0.1) is 0 Å². The van der Waals surface area contributed by atoms with Crippen molar-refractivity contribution >= 4 is 23.8 Å². The molecular formula is C20H36N2O7. The van der Waals surface area contributed by atoms with Crippen LogP contribution >= 0.6 is 0 Å². The number of carbonyl (C=O) groups excluding carboxylic acids is 4. The minimum Gasteiger partial charge on any atom is -0.464 e. The summed E-state index contributed by atoms with van der Waals surface area (Å²) in [5.74, 6) is -2.66. The highest BCUT2D eigenvalue weighted by Crippen LogP contribution is 2.37. The van der Waals surface area contributed by atoms with E-state index in [2.05, 4.69) is 10.6 Å². The van der Waals surface area contributed by atoms with E-state index >= 15 is 0 Å². The molecule has 0 fully saturated rings. The molecule has 29 heavy (non-hydrogen) atoms. The molecule has 0 rings (SSSR count). The molecule has 3 N–H and O–H groups in total. The van der Waals surface area contributed by atoms with Gasteiger partial charge in [0.1, 0.15) is 0 Å². The first-order valence-corrected chi connectivity index (χ1v) is 9.95. The average molecular weight is 417 g/mol. The third kappa shape index (κ3) is 8.39. The smallest absolute Gasteiger partial charge is 0.340 e. The predicted octanol–water partition coefficient (Wildman–Crippen LogP) is 0.927. The number of hydrogen-bond donors (Lipinski definition) is 3. The van der Waals surface area contributed by atoms with Crippen molar-refractivity contribution in [2.24, 2.45) is 10.8 Å². The van der Waals surface area contributed by atoms with Crippen molar-refractivity contribution < 1.29 is 33.8 Å². The topological polar surface area (TPSA) is 131 Å². The summed E-state index contributed by atoms with van der Waals surface area (Å²) in [7, 11) is 0. The van der Waals surface area contributed by atoms with Crippen LogP contribution in [0.15, 0.2) is 0 Å². The number of rotatable bonds is 12. The van der Waals surface area contributed by atoms with Crippen LogP contribution in [0.3, 0.4) is 0 Å². The highest BCUT2D eigenvalue weighted by atomic mass is 16.6. The first kappa shape index (κ1) is 26.8. The summed E-state index contributed by atoms with van der Waals surface area (Å²) in [5.41, 5.74) is -1.97. The Hall–Kier alpha value is -2.16. The fraction of sp³-hybridized carbons (Fsp3) is 0.800. The van der Waals surface area contributed by atoms with Gasteiger partial charge in [-0.1, -0.05) is 27.7 Å². The van der Waals surface area contributed by atoms with Gasteiger partial charge in [-0.2, -0.15) is 0 Å². The lowest BCUT2D eigenvalue weighted by Gasteiger charge is -2.35. The maximum absolute atomic E-state index is 12.9. The fourth-order valence-corrected chi connectivity index (χ4v) is 2.87. The number of aliphatic hydroxyl groups excluding tert-OH is 1. The third-order valence-corrected chi connectivity index (χ3v) is 4.65. The molecule has 0 aromatic rings. The largest absolute Gasteiger partial charge is 0.464 e. The van der Waals surface area contributed by atoms with Gasteiger partial charge in [0.2, 0.25) is 17.9 Å². The van der Waals surface area contributed by atoms with E-state index in [-0.39, 0.29) is 32.1 Å². The van der Waals surface area contributed by atoms with Crippen molar-refractivity contribution in [3.8, 4) is 0 Å². The SMILES string of the molecule is CCOC(=O)C(NC(=O)C(C)(C)CC(C)(CC)C(=O)NCC(C)O)C(=O)OCC. The first-order valence-electron chi connectivity index (χ1n) is 9.95. The van der Waals surface area contributed by atoms with Gasteiger partial charge in [0, 0.05) is 17.4 Å². The van der Waals surface area contributed by atoms with Crippen LogP contribution in [0.5, 0.6) is 0 Å². The number of nitrogens with one attached hydrogen (secondary N) is 2. The Morgan fingerprint density at radius 2 is 1.41 bits per heavy atom. The van der Waals surface area contributed by atoms with Crippen LogP contribution in [0.4, 0.5) is 0 Å². The fourth-order valence-electron chi connectivity index (χ4n) is 2.87. The van der Waals surface area contributed by atoms with Gasteiger partial charge in [0.25, 0.3) is 0 Å². The summed E-state index contributed by atoms with van der Waals surface area (Å²) < 4.78 is 9.71. The van der Waals surface area contributed by atoms with Crippen LogP contribution in [0, 0.1) is 10.8 Å². The second-order valence-electron chi connectivity index (χ2n) is 7.94. The van der Waals surface area contributed by atoms with Crippen molar-refractivity contribution in [3.05, 3.63) is 0 Å². The second-order valence-corrected chi connectivity index (χ2v) is 7.94. The van der Waals surface area contributed by atoms with Crippen LogP contribution in [0.25, 0.3) is 0 Å². The number of aliphatic hydroxyl groups is 1. The Balaban J connectivity index is 5.41. The molecule has 0 heterocycles. The van der Waals surface area contributed by atoms with Crippen molar-refractivity contribution in [1.29, 1.82) is 0 Å². The zero-order chi connectivity index (χ0) is 22.8. The number of amides is 2. The second kappa shape index (κ2) is 11.7. The van der Waals surface area contributed by atoms with Crippen molar-refractivity contribution in [2.45, 2.75) is 73.5 Å². The summed E-state index contributed by atoms with van der Waals surface area (Å²) >= 11 is 0. The third-order valence-electron chi connectivity index (χ3n) is 4.65. The Kier molecular flexibility index (Phi) is 10.9. The average Bonchev–Trinajstić information content (AvgIpc) is 2.63. The molecule has 9 heteroatoms. The van der Waals surface area contributed by atoms with E-state index in [9.17, 15) is 24.3 Å². The first-order chi connectivity index (χ1) is 13.3. The molecule has 0 bridgehead atoms. The highest BCUT2D eigenvalue weighted by Gasteiger charge is 2.43. The molecule has 2 amide bonds. The van der Waals surface area contributed by atoms with Gasteiger partial charge in [0.05, 0.1) is 19.3 Å². The van der Waals surface area contributed by atoms with E-state index < -0.39 is 40.8 Å². The summed E-state index contributed by atoms with van der Waals surface area (Å²) in [4.78, 5) is 49.7. The molecule has 2 atom stereocenters. The quantitative estimate of drug-likeness (QED) is 0.318. The molecule has 0 aliphatic heterocycles. The number of esters is 2. The maximum Gasteiger partial charge on any atom is 0.340 e. The van der Waals surface area contributed by atoms with Crippen LogP contribution in [-0.2, 0) is 28.7 Å². The predicted molar refractivity (Wildman–Crippen MR) is 107 cm³/mol. The van der Waals surface area contributed by atoms with E-state index in [0.717, 1.165) is 0 Å². The lowest BCUT2D eigenvalue weighted by atomic mass is 9.71. The normalized spacial score (nSPS) is 14.5. The van der Waals surface area contributed by atoms with Gasteiger partial charge in [0.15, 0.2) is 0 Å². The van der Waals surface area contributed by atoms with Gasteiger partial charge >= 0.3 is 11.9 Å². The molecule has 2 unspecified atom stereocenters. The van der Waals surface area contributed by atoms with Gasteiger partial charge < -0.3 is 25.2 Å². The van der Waals surface area contributed by atoms with Gasteiger partial charge in [-0.05, 0) is 33.6 Å². The van der Waals surface area contributed by atoms with Crippen LogP contribution < -0.4 is 10.6 Å². The lowest BCUT2D eigenvalue weighted by molar-refractivity contribution is -0.160. The number of ether oxygens (including phenoxy) is 2. The van der Waals surface area contributed by atoms with Crippen molar-refractivity contribution in [1.82, 2.24) is 10.6 Å². The van der Waals surface area contributed by atoms with Crippen LogP contribution in [0.2, 0.25) is 0 Å². The molecule has 0 spiro atoms. The van der Waals surface area contributed by atoms with Gasteiger partial charge in [-0.25, -0.2) is 9.59 Å². The Morgan fingerprint density at radius 1 is 0.931 bits per heavy atom. The molecule has 0 aromatic carbocycles. The molecule has 168 valence electrons. The zero-order valence-electron chi connectivity index (χ0n) is 18.6. The lowest BCUT2D eigenvalue weighted by Crippen LogP contribution is -2.53. The Bertz CT molecular complexity index is 571.